The fraction of sp³-hybridized carbons (Fsp3) is 0.533. The Morgan fingerprint density at radius 3 is 3.00 bits per heavy atom. The van der Waals surface area contributed by atoms with Crippen molar-refractivity contribution in [1.82, 2.24) is 25.4 Å². The number of aliphatic hydroxyl groups is 1. The predicted molar refractivity (Wildman–Crippen MR) is 87.2 cm³/mol. The van der Waals surface area contributed by atoms with E-state index in [2.05, 4.69) is 20.7 Å². The molecule has 2 amide bonds. The molecular formula is C15H21N5O2S. The smallest absolute Gasteiger partial charge is 0.315 e. The highest BCUT2D eigenvalue weighted by Crippen LogP contribution is 2.41. The highest BCUT2D eigenvalue weighted by Gasteiger charge is 2.27. The molecule has 23 heavy (non-hydrogen) atoms. The molecule has 0 aromatic carbocycles. The van der Waals surface area contributed by atoms with Crippen molar-refractivity contribution in [2.24, 2.45) is 7.05 Å². The van der Waals surface area contributed by atoms with Crippen LogP contribution in [0.1, 0.15) is 54.1 Å². The van der Waals surface area contributed by atoms with E-state index in [4.69, 9.17) is 0 Å². The Morgan fingerprint density at radius 1 is 1.57 bits per heavy atom. The van der Waals surface area contributed by atoms with Crippen LogP contribution in [0.15, 0.2) is 17.8 Å². The summed E-state index contributed by atoms with van der Waals surface area (Å²) >= 11 is 1.66. The quantitative estimate of drug-likeness (QED) is 0.751. The molecule has 1 fully saturated rings. The molecule has 0 saturated heterocycles. The average Bonchev–Trinajstić information content (AvgIpc) is 3.08. The maximum Gasteiger partial charge on any atom is 0.315 e. The summed E-state index contributed by atoms with van der Waals surface area (Å²) in [5.74, 6) is 0.629. The van der Waals surface area contributed by atoms with E-state index in [1.54, 1.807) is 35.5 Å². The van der Waals surface area contributed by atoms with Crippen molar-refractivity contribution in [3.8, 4) is 0 Å². The van der Waals surface area contributed by atoms with Crippen LogP contribution in [0.2, 0.25) is 0 Å². The highest BCUT2D eigenvalue weighted by atomic mass is 32.1. The Morgan fingerprint density at radius 2 is 2.35 bits per heavy atom. The molecule has 0 radical (unpaired) electrons. The van der Waals surface area contributed by atoms with Crippen LogP contribution in [0.25, 0.3) is 0 Å². The van der Waals surface area contributed by atoms with Crippen LogP contribution < -0.4 is 10.6 Å². The average molecular weight is 335 g/mol. The molecule has 0 bridgehead atoms. The van der Waals surface area contributed by atoms with Crippen LogP contribution in [-0.4, -0.2) is 32.4 Å². The van der Waals surface area contributed by atoms with Crippen molar-refractivity contribution in [2.75, 3.05) is 6.54 Å². The number of amides is 2. The van der Waals surface area contributed by atoms with Gasteiger partial charge in [-0.25, -0.2) is 9.78 Å². The normalized spacial score (nSPS) is 16.8. The van der Waals surface area contributed by atoms with Gasteiger partial charge in [-0.15, -0.1) is 11.3 Å². The summed E-state index contributed by atoms with van der Waals surface area (Å²) < 4.78 is 1.61. The maximum atomic E-state index is 11.9. The largest absolute Gasteiger partial charge is 0.386 e. The summed E-state index contributed by atoms with van der Waals surface area (Å²) in [6.45, 7) is 2.04. The second-order valence-corrected chi connectivity index (χ2v) is 6.81. The number of nitrogens with one attached hydrogen (secondary N) is 2. The van der Waals surface area contributed by atoms with E-state index in [-0.39, 0.29) is 18.6 Å². The predicted octanol–water partition coefficient (Wildman–Crippen LogP) is 1.85. The zero-order chi connectivity index (χ0) is 16.4. The molecular weight excluding hydrogens is 314 g/mol. The number of nitrogens with zero attached hydrogens (tertiary/aromatic N) is 3. The van der Waals surface area contributed by atoms with Crippen molar-refractivity contribution < 1.29 is 9.90 Å². The summed E-state index contributed by atoms with van der Waals surface area (Å²) in [5.41, 5.74) is 1.56. The molecule has 3 rings (SSSR count). The minimum atomic E-state index is -0.773. The number of aliphatic hydroxyl groups excluding tert-OH is 1. The molecule has 1 aliphatic rings. The number of hydrogen-bond acceptors (Lipinski definition) is 5. The van der Waals surface area contributed by atoms with E-state index in [9.17, 15) is 9.90 Å². The molecule has 2 aromatic heterocycles. The molecule has 124 valence electrons. The molecule has 0 unspecified atom stereocenters. The third-order valence-corrected chi connectivity index (χ3v) is 4.85. The van der Waals surface area contributed by atoms with Gasteiger partial charge in [0.15, 0.2) is 0 Å². The van der Waals surface area contributed by atoms with Crippen LogP contribution in [0, 0.1) is 0 Å². The van der Waals surface area contributed by atoms with Crippen molar-refractivity contribution in [3.05, 3.63) is 34.0 Å². The van der Waals surface area contributed by atoms with Crippen LogP contribution in [0.4, 0.5) is 4.79 Å². The van der Waals surface area contributed by atoms with Crippen molar-refractivity contribution in [2.45, 2.75) is 37.8 Å². The summed E-state index contributed by atoms with van der Waals surface area (Å²) in [4.78, 5) is 16.5. The van der Waals surface area contributed by atoms with E-state index in [0.717, 1.165) is 5.69 Å². The van der Waals surface area contributed by atoms with Gasteiger partial charge in [0.1, 0.15) is 0 Å². The van der Waals surface area contributed by atoms with Gasteiger partial charge in [-0.1, -0.05) is 0 Å². The van der Waals surface area contributed by atoms with Crippen LogP contribution in [-0.2, 0) is 7.05 Å². The lowest BCUT2D eigenvalue weighted by Gasteiger charge is -2.14. The number of aromatic nitrogens is 3. The summed E-state index contributed by atoms with van der Waals surface area (Å²) in [7, 11) is 1.78. The number of rotatable bonds is 6. The molecule has 0 spiro atoms. The number of carbonyl (C=O) groups excluding carboxylic acids is 1. The summed E-state index contributed by atoms with van der Waals surface area (Å²) in [6.07, 6.45) is 4.98. The molecule has 2 heterocycles. The topological polar surface area (TPSA) is 92.1 Å². The number of thiazole rings is 1. The minimum Gasteiger partial charge on any atom is -0.386 e. The number of aryl methyl sites for hydroxylation is 1. The second-order valence-electron chi connectivity index (χ2n) is 5.92. The number of hydrogen-bond donors (Lipinski definition) is 3. The molecule has 0 aliphatic heterocycles. The first-order chi connectivity index (χ1) is 11.0. The van der Waals surface area contributed by atoms with Gasteiger partial charge < -0.3 is 15.7 Å². The van der Waals surface area contributed by atoms with Gasteiger partial charge in [-0.2, -0.15) is 5.10 Å². The lowest BCUT2D eigenvalue weighted by molar-refractivity contribution is 0.172. The minimum absolute atomic E-state index is 0.134. The van der Waals surface area contributed by atoms with E-state index in [0.29, 0.717) is 11.5 Å². The fourth-order valence-corrected chi connectivity index (χ4v) is 3.34. The zero-order valence-corrected chi connectivity index (χ0v) is 14.0. The SMILES string of the molecule is C[C@H](NC(=O)NC[C@H](O)c1cnn(C)c1)c1csc(C2CC2)n1. The van der Waals surface area contributed by atoms with E-state index in [1.165, 1.54) is 17.8 Å². The molecule has 8 heteroatoms. The monoisotopic (exact) mass is 335 g/mol. The zero-order valence-electron chi connectivity index (χ0n) is 13.2. The fourth-order valence-electron chi connectivity index (χ4n) is 2.26. The maximum absolute atomic E-state index is 11.9. The number of carbonyl (C=O) groups is 1. The van der Waals surface area contributed by atoms with Gasteiger partial charge in [0.2, 0.25) is 0 Å². The highest BCUT2D eigenvalue weighted by molar-refractivity contribution is 7.09. The van der Waals surface area contributed by atoms with Gasteiger partial charge >= 0.3 is 6.03 Å². The van der Waals surface area contributed by atoms with Gasteiger partial charge in [0.05, 0.1) is 29.0 Å². The van der Waals surface area contributed by atoms with Gasteiger partial charge in [-0.3, -0.25) is 4.68 Å². The number of urea groups is 1. The Bertz CT molecular complexity index is 679. The van der Waals surface area contributed by atoms with Gasteiger partial charge in [-0.05, 0) is 19.8 Å². The summed E-state index contributed by atoms with van der Waals surface area (Å²) in [6, 6.07) is -0.476. The lowest BCUT2D eigenvalue weighted by atomic mass is 10.2. The first-order valence-electron chi connectivity index (χ1n) is 7.69. The molecule has 2 aromatic rings. The lowest BCUT2D eigenvalue weighted by Crippen LogP contribution is -2.39. The molecule has 3 N–H and O–H groups in total. The van der Waals surface area contributed by atoms with Gasteiger partial charge in [0.25, 0.3) is 0 Å². The third kappa shape index (κ3) is 4.08. The second kappa shape index (κ2) is 6.67. The first-order valence-corrected chi connectivity index (χ1v) is 8.57. The standard InChI is InChI=1S/C15H21N5O2S/c1-9(12-8-23-14(19-12)10-3-4-10)18-15(22)16-6-13(21)11-5-17-20(2)7-11/h5,7-10,13,21H,3-4,6H2,1-2H3,(H2,16,18,22)/t9-,13-/m0/s1. The van der Waals surface area contributed by atoms with Crippen molar-refractivity contribution >= 4 is 17.4 Å². The van der Waals surface area contributed by atoms with Gasteiger partial charge in [0, 0.05) is 36.7 Å². The Balaban J connectivity index is 1.46. The molecule has 7 nitrogen and oxygen atoms in total. The first kappa shape index (κ1) is 15.9. The van der Waals surface area contributed by atoms with Crippen LogP contribution in [0.5, 0.6) is 0 Å². The van der Waals surface area contributed by atoms with E-state index >= 15 is 0 Å². The molecule has 1 saturated carbocycles. The van der Waals surface area contributed by atoms with Crippen molar-refractivity contribution in [3.63, 3.8) is 0 Å². The Kier molecular flexibility index (Phi) is 4.63. The molecule has 1 aliphatic carbocycles. The van der Waals surface area contributed by atoms with Crippen LogP contribution >= 0.6 is 11.3 Å². The van der Waals surface area contributed by atoms with Crippen LogP contribution in [0.3, 0.4) is 0 Å². The Labute approximate surface area is 138 Å². The Hall–Kier alpha value is -1.93. The molecule has 2 atom stereocenters. The van der Waals surface area contributed by atoms with Crippen molar-refractivity contribution in [1.29, 1.82) is 0 Å². The van der Waals surface area contributed by atoms with E-state index < -0.39 is 6.10 Å². The van der Waals surface area contributed by atoms with E-state index in [1.807, 2.05) is 12.3 Å². The third-order valence-electron chi connectivity index (χ3n) is 3.82. The summed E-state index contributed by atoms with van der Waals surface area (Å²) in [5, 5.41) is 22.7.